The van der Waals surface area contributed by atoms with Crippen molar-refractivity contribution in [2.45, 2.75) is 32.2 Å². The predicted octanol–water partition coefficient (Wildman–Crippen LogP) is 1.28. The average Bonchev–Trinajstić information content (AvgIpc) is 2.61. The van der Waals surface area contributed by atoms with E-state index in [2.05, 4.69) is 4.90 Å². The van der Waals surface area contributed by atoms with E-state index in [9.17, 15) is 4.79 Å². The summed E-state index contributed by atoms with van der Waals surface area (Å²) in [6.07, 6.45) is 4.16. The van der Waals surface area contributed by atoms with Gasteiger partial charge in [-0.2, -0.15) is 0 Å². The molecule has 0 N–H and O–H groups in total. The number of esters is 1. The number of carbonyl (C=O) groups excluding carboxylic acids is 1. The van der Waals surface area contributed by atoms with Crippen LogP contribution in [0, 0.1) is 17.8 Å². The highest BCUT2D eigenvalue weighted by molar-refractivity contribution is 5.77. The topological polar surface area (TPSA) is 29.5 Å². The first-order valence-electron chi connectivity index (χ1n) is 6.22. The Bertz CT molecular complexity index is 263. The maximum atomic E-state index is 11.5. The van der Waals surface area contributed by atoms with Gasteiger partial charge in [0.05, 0.1) is 12.5 Å². The highest BCUT2D eigenvalue weighted by Crippen LogP contribution is 2.53. The molecule has 3 nitrogen and oxygen atoms in total. The molecule has 2 saturated carbocycles. The van der Waals surface area contributed by atoms with Gasteiger partial charge in [0.2, 0.25) is 0 Å². The quantitative estimate of drug-likeness (QED) is 0.656. The summed E-state index contributed by atoms with van der Waals surface area (Å²) in [4.78, 5) is 14.1. The summed E-state index contributed by atoms with van der Waals surface area (Å²) < 4.78 is 5.08. The third-order valence-electron chi connectivity index (χ3n) is 4.37. The van der Waals surface area contributed by atoms with Crippen LogP contribution in [-0.2, 0) is 9.53 Å². The van der Waals surface area contributed by atoms with Crippen LogP contribution in [0.25, 0.3) is 0 Å². The van der Waals surface area contributed by atoms with Crippen LogP contribution in [0.4, 0.5) is 0 Å². The van der Waals surface area contributed by atoms with E-state index in [0.29, 0.717) is 18.4 Å². The van der Waals surface area contributed by atoms with Gasteiger partial charge in [-0.15, -0.1) is 0 Å². The van der Waals surface area contributed by atoms with E-state index < -0.39 is 0 Å². The Morgan fingerprint density at radius 2 is 2.00 bits per heavy atom. The molecule has 0 aromatic rings. The molecule has 3 heteroatoms. The van der Waals surface area contributed by atoms with Crippen molar-refractivity contribution >= 4 is 5.97 Å². The van der Waals surface area contributed by atoms with Crippen molar-refractivity contribution in [3.05, 3.63) is 0 Å². The lowest BCUT2D eigenvalue weighted by Crippen LogP contribution is -2.40. The third-order valence-corrected chi connectivity index (χ3v) is 4.37. The lowest BCUT2D eigenvalue weighted by molar-refractivity contribution is -0.145. The molecule has 2 aliphatic carbocycles. The molecule has 0 bridgehead atoms. The van der Waals surface area contributed by atoms with Gasteiger partial charge in [-0.05, 0) is 31.6 Å². The molecule has 2 unspecified atom stereocenters. The third kappa shape index (κ3) is 1.48. The molecule has 3 fully saturated rings. The summed E-state index contributed by atoms with van der Waals surface area (Å²) in [5, 5.41) is 0. The van der Waals surface area contributed by atoms with E-state index in [1.54, 1.807) is 0 Å². The number of hydrogen-bond donors (Lipinski definition) is 0. The smallest absolute Gasteiger partial charge is 0.309 e. The Morgan fingerprint density at radius 1 is 1.33 bits per heavy atom. The van der Waals surface area contributed by atoms with Gasteiger partial charge < -0.3 is 4.74 Å². The molecule has 0 amide bonds. The second kappa shape index (κ2) is 3.48. The van der Waals surface area contributed by atoms with Crippen molar-refractivity contribution in [2.75, 3.05) is 19.7 Å². The van der Waals surface area contributed by atoms with Crippen LogP contribution in [0.15, 0.2) is 0 Å². The van der Waals surface area contributed by atoms with Crippen LogP contribution in [-0.4, -0.2) is 36.6 Å². The summed E-state index contributed by atoms with van der Waals surface area (Å²) in [6.45, 7) is 4.72. The van der Waals surface area contributed by atoms with Crippen LogP contribution < -0.4 is 0 Å². The number of likely N-dealkylation sites (tertiary alicyclic amines) is 1. The zero-order valence-corrected chi connectivity index (χ0v) is 9.32. The number of rotatable bonds is 3. The first-order valence-corrected chi connectivity index (χ1v) is 6.22. The molecule has 0 radical (unpaired) electrons. The summed E-state index contributed by atoms with van der Waals surface area (Å²) >= 11 is 0. The molecule has 1 heterocycles. The van der Waals surface area contributed by atoms with Gasteiger partial charge in [0.1, 0.15) is 0 Å². The summed E-state index contributed by atoms with van der Waals surface area (Å²) in [6, 6.07) is 0.848. The SMILES string of the molecule is CCOC(=O)C1C2CN(C3CCC3)CC21. The minimum absolute atomic E-state index is 0.0563. The minimum Gasteiger partial charge on any atom is -0.466 e. The Labute approximate surface area is 90.8 Å². The van der Waals surface area contributed by atoms with E-state index in [4.69, 9.17) is 4.74 Å². The van der Waals surface area contributed by atoms with Crippen LogP contribution in [0.2, 0.25) is 0 Å². The molecule has 1 saturated heterocycles. The molecule has 3 aliphatic rings. The van der Waals surface area contributed by atoms with Crippen LogP contribution >= 0.6 is 0 Å². The van der Waals surface area contributed by atoms with Crippen molar-refractivity contribution in [3.8, 4) is 0 Å². The lowest BCUT2D eigenvalue weighted by Gasteiger charge is -2.35. The standard InChI is InChI=1S/C12H19NO2/c1-2-15-12(14)11-9-6-13(7-10(9)11)8-4-3-5-8/h8-11H,2-7H2,1H3. The van der Waals surface area contributed by atoms with Crippen molar-refractivity contribution in [1.82, 2.24) is 4.90 Å². The predicted molar refractivity (Wildman–Crippen MR) is 56.3 cm³/mol. The maximum Gasteiger partial charge on any atom is 0.309 e. The zero-order chi connectivity index (χ0) is 10.4. The summed E-state index contributed by atoms with van der Waals surface area (Å²) in [5.74, 6) is 1.57. The number of ether oxygens (including phenoxy) is 1. The van der Waals surface area contributed by atoms with Gasteiger partial charge in [-0.3, -0.25) is 9.69 Å². The molecular formula is C12H19NO2. The van der Waals surface area contributed by atoms with Crippen molar-refractivity contribution in [2.24, 2.45) is 17.8 Å². The van der Waals surface area contributed by atoms with E-state index in [1.165, 1.54) is 19.3 Å². The van der Waals surface area contributed by atoms with Gasteiger partial charge in [0, 0.05) is 19.1 Å². The number of piperidine rings is 1. The Balaban J connectivity index is 1.50. The normalized spacial score (nSPS) is 39.7. The minimum atomic E-state index is 0.0563. The molecule has 3 rings (SSSR count). The van der Waals surface area contributed by atoms with E-state index in [1.807, 2.05) is 6.92 Å². The Kier molecular flexibility index (Phi) is 2.23. The second-order valence-electron chi connectivity index (χ2n) is 5.14. The van der Waals surface area contributed by atoms with Crippen molar-refractivity contribution < 1.29 is 9.53 Å². The number of nitrogens with zero attached hydrogens (tertiary/aromatic N) is 1. The maximum absolute atomic E-state index is 11.5. The van der Waals surface area contributed by atoms with Gasteiger partial charge in [-0.1, -0.05) is 6.42 Å². The molecule has 15 heavy (non-hydrogen) atoms. The van der Waals surface area contributed by atoms with Crippen LogP contribution in [0.1, 0.15) is 26.2 Å². The fourth-order valence-electron chi connectivity index (χ4n) is 3.20. The van der Waals surface area contributed by atoms with Crippen LogP contribution in [0.5, 0.6) is 0 Å². The Hall–Kier alpha value is -0.570. The highest BCUT2D eigenvalue weighted by atomic mass is 16.5. The molecular weight excluding hydrogens is 190 g/mol. The lowest BCUT2D eigenvalue weighted by atomic mass is 9.91. The molecule has 84 valence electrons. The van der Waals surface area contributed by atoms with Gasteiger partial charge in [0.25, 0.3) is 0 Å². The van der Waals surface area contributed by atoms with Gasteiger partial charge >= 0.3 is 5.97 Å². The molecule has 2 atom stereocenters. The second-order valence-corrected chi connectivity index (χ2v) is 5.14. The molecule has 1 aliphatic heterocycles. The summed E-state index contributed by atoms with van der Waals surface area (Å²) in [7, 11) is 0. The zero-order valence-electron chi connectivity index (χ0n) is 9.32. The average molecular weight is 209 g/mol. The fraction of sp³-hybridized carbons (Fsp3) is 0.917. The van der Waals surface area contributed by atoms with Crippen molar-refractivity contribution in [1.29, 1.82) is 0 Å². The van der Waals surface area contributed by atoms with E-state index in [-0.39, 0.29) is 11.9 Å². The monoisotopic (exact) mass is 209 g/mol. The molecule has 0 aromatic heterocycles. The van der Waals surface area contributed by atoms with Gasteiger partial charge in [-0.25, -0.2) is 0 Å². The van der Waals surface area contributed by atoms with Crippen LogP contribution in [0.3, 0.4) is 0 Å². The van der Waals surface area contributed by atoms with E-state index in [0.717, 1.165) is 19.1 Å². The number of hydrogen-bond acceptors (Lipinski definition) is 3. The largest absolute Gasteiger partial charge is 0.466 e. The van der Waals surface area contributed by atoms with Crippen molar-refractivity contribution in [3.63, 3.8) is 0 Å². The first kappa shape index (κ1) is 9.64. The highest BCUT2D eigenvalue weighted by Gasteiger charge is 2.61. The van der Waals surface area contributed by atoms with Gasteiger partial charge in [0.15, 0.2) is 0 Å². The first-order chi connectivity index (χ1) is 7.31. The Morgan fingerprint density at radius 3 is 2.47 bits per heavy atom. The molecule has 0 aromatic carbocycles. The fourth-order valence-corrected chi connectivity index (χ4v) is 3.20. The number of carbonyl (C=O) groups is 1. The molecule has 0 spiro atoms. The van der Waals surface area contributed by atoms with E-state index >= 15 is 0 Å². The summed E-state index contributed by atoms with van der Waals surface area (Å²) in [5.41, 5.74) is 0. The number of fused-ring (bicyclic) bond motifs is 1.